The van der Waals surface area contributed by atoms with Gasteiger partial charge in [-0.1, -0.05) is 43.6 Å². The summed E-state index contributed by atoms with van der Waals surface area (Å²) in [6, 6.07) is 12.7. The molecule has 2 nitrogen and oxygen atoms in total. The Balaban J connectivity index is 2.03. The monoisotopic (exact) mass is 344 g/mol. The molecule has 3 aromatic rings. The minimum atomic E-state index is -0.203. The molecule has 4 heteroatoms. The maximum Gasteiger partial charge on any atom is 0.123 e. The van der Waals surface area contributed by atoms with E-state index >= 15 is 0 Å². The molecule has 0 saturated carbocycles. The molecule has 126 valence electrons. The second-order valence-electron chi connectivity index (χ2n) is 6.01. The molecule has 24 heavy (non-hydrogen) atoms. The van der Waals surface area contributed by atoms with E-state index in [9.17, 15) is 4.39 Å². The van der Waals surface area contributed by atoms with Gasteiger partial charge in [-0.05, 0) is 48.5 Å². The number of hydrogen-bond donors (Lipinski definition) is 0. The van der Waals surface area contributed by atoms with Crippen LogP contribution in [0.5, 0.6) is 0 Å². The van der Waals surface area contributed by atoms with Crippen LogP contribution in [0.3, 0.4) is 0 Å². The van der Waals surface area contributed by atoms with Gasteiger partial charge in [-0.3, -0.25) is 4.90 Å². The Morgan fingerprint density at radius 1 is 1.08 bits per heavy atom. The van der Waals surface area contributed by atoms with Gasteiger partial charge in [0.1, 0.15) is 5.82 Å². The molecule has 1 heterocycles. The predicted octanol–water partition coefficient (Wildman–Crippen LogP) is 5.32. The Hall–Kier alpha value is -1.84. The van der Waals surface area contributed by atoms with Gasteiger partial charge in [0.15, 0.2) is 0 Å². The topological polar surface area (TPSA) is 8.17 Å². The highest BCUT2D eigenvalue weighted by Crippen LogP contribution is 2.30. The SMILES string of the molecule is CCN(CC)Cc1cn(Cc2cccc(F)c2)c2cccc(Cl)c12. The molecule has 0 atom stereocenters. The fourth-order valence-electron chi connectivity index (χ4n) is 3.16. The van der Waals surface area contributed by atoms with Crippen LogP contribution in [-0.4, -0.2) is 22.6 Å². The third-order valence-electron chi connectivity index (χ3n) is 4.46. The summed E-state index contributed by atoms with van der Waals surface area (Å²) < 4.78 is 15.6. The maximum absolute atomic E-state index is 13.5. The van der Waals surface area contributed by atoms with E-state index in [1.807, 2.05) is 18.2 Å². The predicted molar refractivity (Wildman–Crippen MR) is 99.1 cm³/mol. The first-order chi connectivity index (χ1) is 11.6. The summed E-state index contributed by atoms with van der Waals surface area (Å²) in [7, 11) is 0. The summed E-state index contributed by atoms with van der Waals surface area (Å²) in [6.45, 7) is 7.82. The average Bonchev–Trinajstić information content (AvgIpc) is 2.91. The van der Waals surface area contributed by atoms with Crippen molar-refractivity contribution in [2.24, 2.45) is 0 Å². The van der Waals surface area contributed by atoms with E-state index in [0.29, 0.717) is 6.54 Å². The highest BCUT2D eigenvalue weighted by Gasteiger charge is 2.14. The number of hydrogen-bond acceptors (Lipinski definition) is 1. The van der Waals surface area contributed by atoms with Gasteiger partial charge < -0.3 is 4.57 Å². The van der Waals surface area contributed by atoms with Gasteiger partial charge in [0.25, 0.3) is 0 Å². The molecule has 1 aromatic heterocycles. The lowest BCUT2D eigenvalue weighted by molar-refractivity contribution is 0.296. The lowest BCUT2D eigenvalue weighted by Gasteiger charge is -2.17. The van der Waals surface area contributed by atoms with E-state index in [0.717, 1.165) is 41.1 Å². The van der Waals surface area contributed by atoms with Crippen LogP contribution in [0, 0.1) is 5.82 Å². The third kappa shape index (κ3) is 3.47. The fourth-order valence-corrected chi connectivity index (χ4v) is 3.45. The van der Waals surface area contributed by atoms with Crippen LogP contribution in [0.2, 0.25) is 5.02 Å². The molecule has 3 rings (SSSR count). The zero-order valence-corrected chi connectivity index (χ0v) is 14.9. The van der Waals surface area contributed by atoms with Crippen molar-refractivity contribution in [3.8, 4) is 0 Å². The van der Waals surface area contributed by atoms with Gasteiger partial charge in [0.2, 0.25) is 0 Å². The largest absolute Gasteiger partial charge is 0.343 e. The van der Waals surface area contributed by atoms with E-state index in [2.05, 4.69) is 35.6 Å². The summed E-state index contributed by atoms with van der Waals surface area (Å²) in [5.41, 5.74) is 3.26. The van der Waals surface area contributed by atoms with Crippen molar-refractivity contribution < 1.29 is 4.39 Å². The van der Waals surface area contributed by atoms with Crippen LogP contribution in [0.1, 0.15) is 25.0 Å². The first-order valence-corrected chi connectivity index (χ1v) is 8.73. The normalized spacial score (nSPS) is 11.5. The van der Waals surface area contributed by atoms with E-state index in [4.69, 9.17) is 11.6 Å². The molecule has 0 radical (unpaired) electrons. The first-order valence-electron chi connectivity index (χ1n) is 8.35. The number of halogens is 2. The van der Waals surface area contributed by atoms with Gasteiger partial charge >= 0.3 is 0 Å². The molecule has 0 aliphatic rings. The Morgan fingerprint density at radius 3 is 2.54 bits per heavy atom. The molecule has 0 saturated heterocycles. The average molecular weight is 345 g/mol. The van der Waals surface area contributed by atoms with Crippen LogP contribution in [0.25, 0.3) is 10.9 Å². The molecule has 2 aromatic carbocycles. The van der Waals surface area contributed by atoms with Gasteiger partial charge in [0, 0.05) is 24.7 Å². The molecule has 0 spiro atoms. The number of nitrogens with zero attached hydrogens (tertiary/aromatic N) is 2. The zero-order valence-electron chi connectivity index (χ0n) is 14.1. The van der Waals surface area contributed by atoms with Crippen molar-refractivity contribution in [3.63, 3.8) is 0 Å². The van der Waals surface area contributed by atoms with Crippen LogP contribution < -0.4 is 0 Å². The van der Waals surface area contributed by atoms with Crippen molar-refractivity contribution in [2.75, 3.05) is 13.1 Å². The lowest BCUT2D eigenvalue weighted by Crippen LogP contribution is -2.21. The standard InChI is InChI=1S/C20H22ClFN2/c1-3-23(4-2)13-16-14-24(12-15-7-5-8-17(22)11-15)19-10-6-9-18(21)20(16)19/h5-11,14H,3-4,12-13H2,1-2H3. The Morgan fingerprint density at radius 2 is 1.83 bits per heavy atom. The van der Waals surface area contributed by atoms with Crippen molar-refractivity contribution >= 4 is 22.5 Å². The van der Waals surface area contributed by atoms with E-state index in [-0.39, 0.29) is 5.82 Å². The van der Waals surface area contributed by atoms with E-state index < -0.39 is 0 Å². The summed E-state index contributed by atoms with van der Waals surface area (Å²) in [5, 5.41) is 1.87. The lowest BCUT2D eigenvalue weighted by atomic mass is 10.1. The Kier molecular flexibility index (Phi) is 5.22. The van der Waals surface area contributed by atoms with Crippen molar-refractivity contribution in [1.82, 2.24) is 9.47 Å². The van der Waals surface area contributed by atoms with Crippen LogP contribution >= 0.6 is 11.6 Å². The summed E-state index contributed by atoms with van der Waals surface area (Å²) in [5.74, 6) is -0.203. The molecular weight excluding hydrogens is 323 g/mol. The minimum Gasteiger partial charge on any atom is -0.343 e. The molecule has 0 amide bonds. The van der Waals surface area contributed by atoms with E-state index in [1.165, 1.54) is 11.6 Å². The maximum atomic E-state index is 13.5. The van der Waals surface area contributed by atoms with Gasteiger partial charge in [-0.15, -0.1) is 0 Å². The summed E-state index contributed by atoms with van der Waals surface area (Å²) >= 11 is 6.48. The highest BCUT2D eigenvalue weighted by atomic mass is 35.5. The summed E-state index contributed by atoms with van der Waals surface area (Å²) in [4.78, 5) is 2.37. The number of rotatable bonds is 6. The van der Waals surface area contributed by atoms with Crippen molar-refractivity contribution in [3.05, 3.63) is 70.6 Å². The van der Waals surface area contributed by atoms with Crippen LogP contribution in [0.4, 0.5) is 4.39 Å². The highest BCUT2D eigenvalue weighted by molar-refractivity contribution is 6.35. The molecule has 0 bridgehead atoms. The smallest absolute Gasteiger partial charge is 0.123 e. The summed E-state index contributed by atoms with van der Waals surface area (Å²) in [6.07, 6.45) is 2.15. The van der Waals surface area contributed by atoms with Gasteiger partial charge in [-0.25, -0.2) is 4.39 Å². The Bertz CT molecular complexity index is 837. The molecular formula is C20H22ClFN2. The second-order valence-corrected chi connectivity index (χ2v) is 6.41. The number of benzene rings is 2. The molecule has 0 unspecified atom stereocenters. The minimum absolute atomic E-state index is 0.203. The molecule has 0 aliphatic carbocycles. The number of fused-ring (bicyclic) bond motifs is 1. The van der Waals surface area contributed by atoms with E-state index in [1.54, 1.807) is 12.1 Å². The quantitative estimate of drug-likeness (QED) is 0.587. The molecule has 0 N–H and O–H groups in total. The second kappa shape index (κ2) is 7.37. The Labute approximate surface area is 147 Å². The third-order valence-corrected chi connectivity index (χ3v) is 4.78. The zero-order chi connectivity index (χ0) is 17.1. The van der Waals surface area contributed by atoms with Crippen molar-refractivity contribution in [2.45, 2.75) is 26.9 Å². The van der Waals surface area contributed by atoms with Gasteiger partial charge in [-0.2, -0.15) is 0 Å². The first kappa shape index (κ1) is 17.0. The number of aromatic nitrogens is 1. The van der Waals surface area contributed by atoms with Crippen LogP contribution in [0.15, 0.2) is 48.7 Å². The van der Waals surface area contributed by atoms with Crippen molar-refractivity contribution in [1.29, 1.82) is 0 Å². The molecule has 0 aliphatic heterocycles. The fraction of sp³-hybridized carbons (Fsp3) is 0.300. The van der Waals surface area contributed by atoms with Crippen LogP contribution in [-0.2, 0) is 13.1 Å². The van der Waals surface area contributed by atoms with Gasteiger partial charge in [0.05, 0.1) is 10.5 Å². The molecule has 0 fully saturated rings.